The predicted molar refractivity (Wildman–Crippen MR) is 63.0 cm³/mol. The Morgan fingerprint density at radius 2 is 2.28 bits per heavy atom. The second kappa shape index (κ2) is 5.95. The normalized spacial score (nSPS) is 11.9. The average Bonchev–Trinajstić information content (AvgIpc) is 2.24. The van der Waals surface area contributed by atoms with Crippen LogP contribution in [0.2, 0.25) is 0 Å². The first-order valence-electron chi connectivity index (χ1n) is 5.30. The van der Waals surface area contributed by atoms with E-state index >= 15 is 0 Å². The van der Waals surface area contributed by atoms with Gasteiger partial charge in [-0.2, -0.15) is 4.39 Å². The number of halogens is 1. The van der Waals surface area contributed by atoms with Gasteiger partial charge in [0.2, 0.25) is 5.82 Å². The largest absolute Gasteiger partial charge is 0.481 e. The van der Waals surface area contributed by atoms with Crippen LogP contribution >= 0.6 is 0 Å². The van der Waals surface area contributed by atoms with Crippen LogP contribution in [0.15, 0.2) is 18.2 Å². The van der Waals surface area contributed by atoms with Gasteiger partial charge >= 0.3 is 11.7 Å². The molecule has 1 rings (SSSR count). The van der Waals surface area contributed by atoms with Crippen LogP contribution in [-0.2, 0) is 4.79 Å². The van der Waals surface area contributed by atoms with Gasteiger partial charge in [-0.25, -0.2) is 0 Å². The SMILES string of the molecule is CC(CNc1cccc(F)c1[N+](=O)[O-])CC(=O)O. The number of hydrogen-bond acceptors (Lipinski definition) is 4. The lowest BCUT2D eigenvalue weighted by Crippen LogP contribution is -2.15. The van der Waals surface area contributed by atoms with Crippen molar-refractivity contribution in [2.75, 3.05) is 11.9 Å². The summed E-state index contributed by atoms with van der Waals surface area (Å²) in [6.45, 7) is 1.91. The Morgan fingerprint density at radius 1 is 1.61 bits per heavy atom. The van der Waals surface area contributed by atoms with E-state index < -0.39 is 22.4 Å². The summed E-state index contributed by atoms with van der Waals surface area (Å²) >= 11 is 0. The van der Waals surface area contributed by atoms with Gasteiger partial charge in [-0.3, -0.25) is 14.9 Å². The molecular weight excluding hydrogens is 243 g/mol. The highest BCUT2D eigenvalue weighted by molar-refractivity contribution is 5.67. The summed E-state index contributed by atoms with van der Waals surface area (Å²) in [5.41, 5.74) is -0.572. The van der Waals surface area contributed by atoms with Gasteiger partial charge in [0.1, 0.15) is 5.69 Å². The Kier molecular flexibility index (Phi) is 4.59. The third kappa shape index (κ3) is 3.69. The standard InChI is InChI=1S/C11H13FN2O4/c1-7(5-10(15)16)6-13-9-4-2-3-8(12)11(9)14(17)18/h2-4,7,13H,5-6H2,1H3,(H,15,16). The average molecular weight is 256 g/mol. The lowest BCUT2D eigenvalue weighted by Gasteiger charge is -2.11. The molecule has 0 heterocycles. The van der Waals surface area contributed by atoms with Crippen LogP contribution in [0.4, 0.5) is 15.8 Å². The van der Waals surface area contributed by atoms with Crippen molar-refractivity contribution in [2.45, 2.75) is 13.3 Å². The molecule has 0 spiro atoms. The summed E-state index contributed by atoms with van der Waals surface area (Å²) in [4.78, 5) is 20.3. The lowest BCUT2D eigenvalue weighted by molar-refractivity contribution is -0.386. The van der Waals surface area contributed by atoms with E-state index in [1.54, 1.807) is 6.92 Å². The molecule has 1 aromatic carbocycles. The molecule has 18 heavy (non-hydrogen) atoms. The van der Waals surface area contributed by atoms with Gasteiger partial charge in [-0.1, -0.05) is 13.0 Å². The van der Waals surface area contributed by atoms with Crippen molar-refractivity contribution in [3.8, 4) is 0 Å². The number of nitro benzene ring substituents is 1. The molecule has 0 saturated heterocycles. The molecule has 0 fully saturated rings. The molecule has 1 unspecified atom stereocenters. The van der Waals surface area contributed by atoms with Crippen molar-refractivity contribution in [2.24, 2.45) is 5.92 Å². The molecule has 6 nitrogen and oxygen atoms in total. The van der Waals surface area contributed by atoms with Crippen LogP contribution in [-0.4, -0.2) is 22.5 Å². The van der Waals surface area contributed by atoms with Gasteiger partial charge in [-0.15, -0.1) is 0 Å². The smallest absolute Gasteiger partial charge is 0.327 e. The van der Waals surface area contributed by atoms with E-state index in [-0.39, 0.29) is 24.6 Å². The number of carboxylic acid groups (broad SMARTS) is 1. The molecule has 0 aliphatic heterocycles. The summed E-state index contributed by atoms with van der Waals surface area (Å²) in [5.74, 6) is -2.08. The van der Waals surface area contributed by atoms with Gasteiger partial charge in [0, 0.05) is 13.0 Å². The first kappa shape index (κ1) is 13.9. The van der Waals surface area contributed by atoms with Crippen molar-refractivity contribution < 1.29 is 19.2 Å². The first-order chi connectivity index (χ1) is 8.41. The lowest BCUT2D eigenvalue weighted by atomic mass is 10.1. The zero-order chi connectivity index (χ0) is 13.7. The number of carbonyl (C=O) groups is 1. The fraction of sp³-hybridized carbons (Fsp3) is 0.364. The summed E-state index contributed by atoms with van der Waals surface area (Å²) < 4.78 is 13.3. The number of anilines is 1. The highest BCUT2D eigenvalue weighted by atomic mass is 19.1. The second-order valence-electron chi connectivity index (χ2n) is 3.98. The maximum atomic E-state index is 13.3. The topological polar surface area (TPSA) is 92.5 Å². The van der Waals surface area contributed by atoms with Crippen LogP contribution in [0.25, 0.3) is 0 Å². The molecule has 0 aliphatic rings. The number of carboxylic acids is 1. The Hall–Kier alpha value is -2.18. The van der Waals surface area contributed by atoms with Gasteiger partial charge in [-0.05, 0) is 18.1 Å². The van der Waals surface area contributed by atoms with Gasteiger partial charge in [0.15, 0.2) is 0 Å². The zero-order valence-electron chi connectivity index (χ0n) is 9.72. The third-order valence-corrected chi connectivity index (χ3v) is 2.33. The number of para-hydroxylation sites is 1. The van der Waals surface area contributed by atoms with Crippen LogP contribution in [0.1, 0.15) is 13.3 Å². The number of nitrogens with one attached hydrogen (secondary N) is 1. The predicted octanol–water partition coefficient (Wildman–Crippen LogP) is 2.26. The van der Waals surface area contributed by atoms with Crippen LogP contribution < -0.4 is 5.32 Å². The van der Waals surface area contributed by atoms with E-state index in [1.807, 2.05) is 0 Å². The molecule has 0 saturated carbocycles. The monoisotopic (exact) mass is 256 g/mol. The van der Waals surface area contributed by atoms with E-state index in [9.17, 15) is 19.3 Å². The Balaban J connectivity index is 2.76. The van der Waals surface area contributed by atoms with Gasteiger partial charge < -0.3 is 10.4 Å². The minimum atomic E-state index is -0.946. The summed E-state index contributed by atoms with van der Waals surface area (Å²) in [6, 6.07) is 3.74. The summed E-state index contributed by atoms with van der Waals surface area (Å²) in [6.07, 6.45) is -0.0594. The maximum Gasteiger partial charge on any atom is 0.327 e. The van der Waals surface area contributed by atoms with Crippen molar-refractivity contribution in [1.29, 1.82) is 0 Å². The number of rotatable bonds is 6. The second-order valence-corrected chi connectivity index (χ2v) is 3.98. The number of benzene rings is 1. The number of aliphatic carboxylic acids is 1. The molecule has 0 aromatic heterocycles. The molecular formula is C11H13FN2O4. The third-order valence-electron chi connectivity index (χ3n) is 2.33. The molecule has 1 atom stereocenters. The zero-order valence-corrected chi connectivity index (χ0v) is 9.72. The molecule has 98 valence electrons. The fourth-order valence-electron chi connectivity index (χ4n) is 1.50. The van der Waals surface area contributed by atoms with Gasteiger partial charge in [0.05, 0.1) is 4.92 Å². The molecule has 0 aliphatic carbocycles. The quantitative estimate of drug-likeness (QED) is 0.601. The molecule has 0 radical (unpaired) electrons. The highest BCUT2D eigenvalue weighted by Crippen LogP contribution is 2.27. The van der Waals surface area contributed by atoms with E-state index in [1.165, 1.54) is 12.1 Å². The van der Waals surface area contributed by atoms with Crippen molar-refractivity contribution in [3.63, 3.8) is 0 Å². The Morgan fingerprint density at radius 3 is 2.83 bits per heavy atom. The van der Waals surface area contributed by atoms with E-state index in [0.29, 0.717) is 0 Å². The Labute approximate surface area is 103 Å². The number of nitrogens with zero attached hydrogens (tertiary/aromatic N) is 1. The van der Waals surface area contributed by atoms with Crippen LogP contribution in [0, 0.1) is 21.8 Å². The van der Waals surface area contributed by atoms with Crippen molar-refractivity contribution in [1.82, 2.24) is 0 Å². The van der Waals surface area contributed by atoms with E-state index in [0.717, 1.165) is 6.07 Å². The van der Waals surface area contributed by atoms with Crippen LogP contribution in [0.3, 0.4) is 0 Å². The molecule has 0 bridgehead atoms. The number of nitro groups is 1. The van der Waals surface area contributed by atoms with E-state index in [4.69, 9.17) is 5.11 Å². The van der Waals surface area contributed by atoms with E-state index in [2.05, 4.69) is 5.32 Å². The molecule has 7 heteroatoms. The summed E-state index contributed by atoms with van der Waals surface area (Å²) in [7, 11) is 0. The van der Waals surface area contributed by atoms with Gasteiger partial charge in [0.25, 0.3) is 0 Å². The van der Waals surface area contributed by atoms with Crippen molar-refractivity contribution >= 4 is 17.3 Å². The molecule has 1 aromatic rings. The summed E-state index contributed by atoms with van der Waals surface area (Å²) in [5, 5.41) is 22.0. The molecule has 0 amide bonds. The first-order valence-corrected chi connectivity index (χ1v) is 5.30. The molecule has 2 N–H and O–H groups in total. The van der Waals surface area contributed by atoms with Crippen molar-refractivity contribution in [3.05, 3.63) is 34.1 Å². The minimum Gasteiger partial charge on any atom is -0.481 e. The maximum absolute atomic E-state index is 13.3. The minimum absolute atomic E-state index is 0.0530. The fourth-order valence-corrected chi connectivity index (χ4v) is 1.50. The highest BCUT2D eigenvalue weighted by Gasteiger charge is 2.20. The van der Waals surface area contributed by atoms with Crippen LogP contribution in [0.5, 0.6) is 0 Å². The Bertz CT molecular complexity index is 464. The number of hydrogen-bond donors (Lipinski definition) is 2.